The van der Waals surface area contributed by atoms with Gasteiger partial charge in [-0.2, -0.15) is 0 Å². The Morgan fingerprint density at radius 1 is 1.33 bits per heavy atom. The summed E-state index contributed by atoms with van der Waals surface area (Å²) < 4.78 is 27.2. The van der Waals surface area contributed by atoms with Gasteiger partial charge < -0.3 is 20.3 Å². The van der Waals surface area contributed by atoms with Crippen molar-refractivity contribution in [3.8, 4) is 0 Å². The van der Waals surface area contributed by atoms with E-state index in [-0.39, 0.29) is 37.2 Å². The van der Waals surface area contributed by atoms with Gasteiger partial charge in [0.15, 0.2) is 17.2 Å². The maximum absolute atomic E-state index is 13.9. The molecule has 0 spiro atoms. The maximum atomic E-state index is 13.9. The number of carbonyl (C=O) groups is 1. The highest BCUT2D eigenvalue weighted by Crippen LogP contribution is 2.25. The lowest BCUT2D eigenvalue weighted by Crippen LogP contribution is -2.57. The standard InChI is InChI=1S/C18H20F2N4O3/c19-14-4-1-3-12(16(14)20)9-24-6-2-5-18(27,17(24)26)10-21-8-13-7-15(25)23-11-22-13/h1,3-4,7,11,21,27H,2,5-6,8-10H2,(H,22,23,25). The third kappa shape index (κ3) is 4.37. The van der Waals surface area contributed by atoms with E-state index in [9.17, 15) is 23.5 Å². The van der Waals surface area contributed by atoms with Crippen LogP contribution < -0.4 is 10.9 Å². The van der Waals surface area contributed by atoms with Crippen molar-refractivity contribution in [1.29, 1.82) is 0 Å². The molecule has 1 atom stereocenters. The number of benzene rings is 1. The maximum Gasteiger partial charge on any atom is 0.256 e. The number of nitrogens with zero attached hydrogens (tertiary/aromatic N) is 2. The summed E-state index contributed by atoms with van der Waals surface area (Å²) >= 11 is 0. The molecule has 1 aliphatic heterocycles. The molecule has 0 radical (unpaired) electrons. The Hall–Kier alpha value is -2.65. The van der Waals surface area contributed by atoms with Crippen LogP contribution in [0.4, 0.5) is 8.78 Å². The van der Waals surface area contributed by atoms with Crippen molar-refractivity contribution in [3.63, 3.8) is 0 Å². The van der Waals surface area contributed by atoms with E-state index in [1.165, 1.54) is 29.4 Å². The van der Waals surface area contributed by atoms with Crippen LogP contribution in [0, 0.1) is 11.6 Å². The average molecular weight is 378 g/mol. The van der Waals surface area contributed by atoms with Crippen molar-refractivity contribution in [2.24, 2.45) is 0 Å². The van der Waals surface area contributed by atoms with E-state index in [1.54, 1.807) is 0 Å². The molecule has 1 saturated heterocycles. The lowest BCUT2D eigenvalue weighted by Gasteiger charge is -2.38. The monoisotopic (exact) mass is 378 g/mol. The number of nitrogens with one attached hydrogen (secondary N) is 2. The second-order valence-corrected chi connectivity index (χ2v) is 6.58. The SMILES string of the molecule is O=C1N(Cc2cccc(F)c2F)CCCC1(O)CNCc1cc(=O)[nH]cn1. The van der Waals surface area contributed by atoms with Gasteiger partial charge in [0.2, 0.25) is 0 Å². The molecular formula is C18H20F2N4O3. The molecule has 27 heavy (non-hydrogen) atoms. The number of aliphatic hydroxyl groups is 1. The Bertz CT molecular complexity index is 889. The normalized spacial score (nSPS) is 20.1. The van der Waals surface area contributed by atoms with Gasteiger partial charge in [0.05, 0.1) is 12.0 Å². The third-order valence-corrected chi connectivity index (χ3v) is 4.55. The number of aromatic amines is 1. The summed E-state index contributed by atoms with van der Waals surface area (Å²) in [7, 11) is 0. The van der Waals surface area contributed by atoms with Crippen molar-refractivity contribution in [2.75, 3.05) is 13.1 Å². The van der Waals surface area contributed by atoms with Gasteiger partial charge in [-0.25, -0.2) is 13.8 Å². The van der Waals surface area contributed by atoms with E-state index in [1.807, 2.05) is 0 Å². The van der Waals surface area contributed by atoms with Crippen molar-refractivity contribution >= 4 is 5.91 Å². The van der Waals surface area contributed by atoms with Gasteiger partial charge >= 0.3 is 0 Å². The number of likely N-dealkylation sites (tertiary alicyclic amines) is 1. The molecule has 7 nitrogen and oxygen atoms in total. The number of piperidine rings is 1. The number of H-pyrrole nitrogens is 1. The summed E-state index contributed by atoms with van der Waals surface area (Å²) in [5, 5.41) is 13.7. The summed E-state index contributed by atoms with van der Waals surface area (Å²) in [4.78, 5) is 31.7. The van der Waals surface area contributed by atoms with Crippen LogP contribution in [0.15, 0.2) is 35.4 Å². The Kier molecular flexibility index (Phi) is 5.62. The van der Waals surface area contributed by atoms with E-state index in [4.69, 9.17) is 0 Å². The minimum Gasteiger partial charge on any atom is -0.379 e. The zero-order chi connectivity index (χ0) is 19.4. The first-order chi connectivity index (χ1) is 12.9. The fraction of sp³-hybridized carbons (Fsp3) is 0.389. The molecule has 0 aliphatic carbocycles. The quantitative estimate of drug-likeness (QED) is 0.687. The fourth-order valence-corrected chi connectivity index (χ4v) is 3.16. The molecule has 0 saturated carbocycles. The van der Waals surface area contributed by atoms with Crippen LogP contribution >= 0.6 is 0 Å². The zero-order valence-corrected chi connectivity index (χ0v) is 14.5. The number of carbonyl (C=O) groups excluding carboxylic acids is 1. The second-order valence-electron chi connectivity index (χ2n) is 6.58. The van der Waals surface area contributed by atoms with Crippen molar-refractivity contribution < 1.29 is 18.7 Å². The molecule has 1 unspecified atom stereocenters. The molecule has 1 amide bonds. The van der Waals surface area contributed by atoms with Crippen LogP contribution in [0.3, 0.4) is 0 Å². The molecule has 3 rings (SSSR count). The van der Waals surface area contributed by atoms with Gasteiger partial charge in [-0.1, -0.05) is 12.1 Å². The molecule has 2 heterocycles. The summed E-state index contributed by atoms with van der Waals surface area (Å²) in [5.41, 5.74) is -1.40. The highest BCUT2D eigenvalue weighted by atomic mass is 19.2. The van der Waals surface area contributed by atoms with Crippen molar-refractivity contribution in [2.45, 2.75) is 31.5 Å². The average Bonchev–Trinajstić information content (AvgIpc) is 2.63. The number of halogens is 2. The molecule has 144 valence electrons. The van der Waals surface area contributed by atoms with Gasteiger partial charge in [0.1, 0.15) is 0 Å². The molecule has 1 aliphatic rings. The van der Waals surface area contributed by atoms with Crippen LogP contribution in [0.2, 0.25) is 0 Å². The van der Waals surface area contributed by atoms with Crippen LogP contribution in [0.1, 0.15) is 24.1 Å². The van der Waals surface area contributed by atoms with Crippen LogP contribution in [-0.2, 0) is 17.9 Å². The van der Waals surface area contributed by atoms with Gasteiger partial charge in [-0.15, -0.1) is 0 Å². The molecule has 2 aromatic rings. The van der Waals surface area contributed by atoms with E-state index in [0.29, 0.717) is 18.7 Å². The van der Waals surface area contributed by atoms with Crippen LogP contribution in [0.25, 0.3) is 0 Å². The molecule has 9 heteroatoms. The fourth-order valence-electron chi connectivity index (χ4n) is 3.16. The third-order valence-electron chi connectivity index (χ3n) is 4.55. The minimum atomic E-state index is -1.65. The first-order valence-electron chi connectivity index (χ1n) is 8.58. The number of amides is 1. The Morgan fingerprint density at radius 3 is 2.93 bits per heavy atom. The largest absolute Gasteiger partial charge is 0.379 e. The first kappa shape index (κ1) is 19.1. The Balaban J connectivity index is 1.64. The molecule has 3 N–H and O–H groups in total. The molecule has 1 aromatic heterocycles. The van der Waals surface area contributed by atoms with E-state index in [2.05, 4.69) is 15.3 Å². The van der Waals surface area contributed by atoms with Gasteiger partial charge in [-0.3, -0.25) is 9.59 Å². The van der Waals surface area contributed by atoms with Crippen LogP contribution in [-0.4, -0.2) is 44.6 Å². The predicted molar refractivity (Wildman–Crippen MR) is 92.5 cm³/mol. The zero-order valence-electron chi connectivity index (χ0n) is 14.5. The van der Waals surface area contributed by atoms with E-state index < -0.39 is 23.1 Å². The summed E-state index contributed by atoms with van der Waals surface area (Å²) in [6, 6.07) is 5.12. The van der Waals surface area contributed by atoms with E-state index in [0.717, 1.165) is 6.07 Å². The van der Waals surface area contributed by atoms with Crippen LogP contribution in [0.5, 0.6) is 0 Å². The number of hydrogen-bond donors (Lipinski definition) is 3. The highest BCUT2D eigenvalue weighted by Gasteiger charge is 2.42. The van der Waals surface area contributed by atoms with Crippen molar-refractivity contribution in [1.82, 2.24) is 20.2 Å². The molecule has 1 aromatic carbocycles. The summed E-state index contributed by atoms with van der Waals surface area (Å²) in [6.45, 7) is 0.410. The second kappa shape index (κ2) is 7.93. The Labute approximate surface area is 154 Å². The lowest BCUT2D eigenvalue weighted by atomic mass is 9.91. The number of hydrogen-bond acceptors (Lipinski definition) is 5. The molecular weight excluding hydrogens is 358 g/mol. The Morgan fingerprint density at radius 2 is 2.15 bits per heavy atom. The lowest BCUT2D eigenvalue weighted by molar-refractivity contribution is -0.157. The predicted octanol–water partition coefficient (Wildman–Crippen LogP) is 0.691. The minimum absolute atomic E-state index is 0.0392. The summed E-state index contributed by atoms with van der Waals surface area (Å²) in [6.07, 6.45) is 2.06. The van der Waals surface area contributed by atoms with Crippen molar-refractivity contribution in [3.05, 3.63) is 63.8 Å². The topological polar surface area (TPSA) is 98.3 Å². The van der Waals surface area contributed by atoms with Gasteiger partial charge in [-0.05, 0) is 18.9 Å². The smallest absolute Gasteiger partial charge is 0.256 e. The van der Waals surface area contributed by atoms with Gasteiger partial charge in [0.25, 0.3) is 11.5 Å². The van der Waals surface area contributed by atoms with E-state index >= 15 is 0 Å². The number of rotatable bonds is 6. The highest BCUT2D eigenvalue weighted by molar-refractivity contribution is 5.86. The summed E-state index contributed by atoms with van der Waals surface area (Å²) in [5.74, 6) is -2.50. The molecule has 1 fully saturated rings. The first-order valence-corrected chi connectivity index (χ1v) is 8.58. The molecule has 0 bridgehead atoms. The number of aromatic nitrogens is 2. The van der Waals surface area contributed by atoms with Gasteiger partial charge in [0, 0.05) is 37.8 Å².